The first-order valence-electron chi connectivity index (χ1n) is 10.2. The molecule has 1 aliphatic carbocycles. The lowest BCUT2D eigenvalue weighted by Crippen LogP contribution is -2.39. The maximum atomic E-state index is 10.0. The predicted octanol–water partition coefficient (Wildman–Crippen LogP) is 4.31. The fourth-order valence-corrected chi connectivity index (χ4v) is 5.23. The lowest BCUT2D eigenvalue weighted by Gasteiger charge is -2.30. The molecule has 0 saturated carbocycles. The SMILES string of the molecule is Oc1ccc(O)n1-c1ccc(O[C@H]2c3cc(Cl)cc(Cl)c3C[C@@H]2N2CC[C@@H](O)C2)cc1. The van der Waals surface area contributed by atoms with E-state index in [1.54, 1.807) is 30.3 Å². The molecule has 3 atom stereocenters. The largest absolute Gasteiger partial charge is 0.494 e. The van der Waals surface area contributed by atoms with Gasteiger partial charge in [-0.1, -0.05) is 23.2 Å². The van der Waals surface area contributed by atoms with Gasteiger partial charge in [0.05, 0.1) is 17.8 Å². The van der Waals surface area contributed by atoms with Gasteiger partial charge in [-0.25, -0.2) is 0 Å². The van der Waals surface area contributed by atoms with Crippen molar-refractivity contribution in [2.75, 3.05) is 13.1 Å². The van der Waals surface area contributed by atoms with Gasteiger partial charge in [0, 0.05) is 40.8 Å². The fraction of sp³-hybridized carbons (Fsp3) is 0.304. The Kier molecular flexibility index (Phi) is 5.26. The molecular formula is C23H22Cl2N2O4. The van der Waals surface area contributed by atoms with Crippen LogP contribution in [0.15, 0.2) is 48.5 Å². The number of aromatic hydroxyl groups is 2. The number of fused-ring (bicyclic) bond motifs is 1. The number of aromatic nitrogens is 1. The Bertz CT molecular complexity index is 1100. The molecule has 1 fully saturated rings. The van der Waals surface area contributed by atoms with Crippen LogP contribution in [0.5, 0.6) is 17.5 Å². The van der Waals surface area contributed by atoms with Gasteiger partial charge in [-0.15, -0.1) is 0 Å². The monoisotopic (exact) mass is 460 g/mol. The molecule has 5 rings (SSSR count). The molecule has 2 heterocycles. The zero-order chi connectivity index (χ0) is 21.7. The summed E-state index contributed by atoms with van der Waals surface area (Å²) in [4.78, 5) is 2.25. The molecule has 2 aliphatic rings. The average molecular weight is 461 g/mol. The van der Waals surface area contributed by atoms with E-state index in [1.165, 1.54) is 16.7 Å². The Labute approximate surface area is 189 Å². The van der Waals surface area contributed by atoms with Crippen LogP contribution in [-0.4, -0.2) is 50.0 Å². The number of benzene rings is 2. The van der Waals surface area contributed by atoms with E-state index in [4.69, 9.17) is 27.9 Å². The van der Waals surface area contributed by atoms with Crippen LogP contribution in [-0.2, 0) is 6.42 Å². The molecule has 162 valence electrons. The van der Waals surface area contributed by atoms with Gasteiger partial charge < -0.3 is 20.1 Å². The first-order valence-corrected chi connectivity index (χ1v) is 10.9. The molecule has 1 aromatic heterocycles. The maximum Gasteiger partial charge on any atom is 0.198 e. The van der Waals surface area contributed by atoms with Gasteiger partial charge in [0.15, 0.2) is 11.8 Å². The van der Waals surface area contributed by atoms with Crippen LogP contribution in [0.25, 0.3) is 5.69 Å². The summed E-state index contributed by atoms with van der Waals surface area (Å²) in [5.41, 5.74) is 2.61. The summed E-state index contributed by atoms with van der Waals surface area (Å²) < 4.78 is 7.77. The second-order valence-corrected chi connectivity index (χ2v) is 8.93. The molecule has 1 saturated heterocycles. The zero-order valence-corrected chi connectivity index (χ0v) is 18.1. The number of hydrogen-bond acceptors (Lipinski definition) is 5. The average Bonchev–Trinajstić information content (AvgIpc) is 3.41. The van der Waals surface area contributed by atoms with Crippen molar-refractivity contribution in [3.05, 3.63) is 69.7 Å². The van der Waals surface area contributed by atoms with Crippen molar-refractivity contribution >= 4 is 23.2 Å². The lowest BCUT2D eigenvalue weighted by atomic mass is 10.1. The number of aliphatic hydroxyl groups excluding tert-OH is 1. The number of aliphatic hydroxyl groups is 1. The van der Waals surface area contributed by atoms with Crippen molar-refractivity contribution < 1.29 is 20.1 Å². The van der Waals surface area contributed by atoms with Crippen molar-refractivity contribution in [1.29, 1.82) is 0 Å². The lowest BCUT2D eigenvalue weighted by molar-refractivity contribution is 0.0818. The summed E-state index contributed by atoms with van der Waals surface area (Å²) in [5, 5.41) is 31.1. The van der Waals surface area contributed by atoms with Gasteiger partial charge in [0.25, 0.3) is 0 Å². The summed E-state index contributed by atoms with van der Waals surface area (Å²) in [5.74, 6) is 0.550. The minimum atomic E-state index is -0.329. The van der Waals surface area contributed by atoms with Gasteiger partial charge >= 0.3 is 0 Å². The van der Waals surface area contributed by atoms with E-state index in [2.05, 4.69) is 4.90 Å². The standard InChI is InChI=1S/C23H22Cl2N2O4/c24-13-9-18-17(19(25)10-13)11-20(26-8-7-15(28)12-26)23(18)31-16-3-1-14(2-4-16)27-21(29)5-6-22(27)30/h1-6,9-10,15,20,23,28-30H,7-8,11-12H2/t15-,20+,23+/m1/s1. The molecule has 31 heavy (non-hydrogen) atoms. The number of hydrogen-bond donors (Lipinski definition) is 3. The Hall–Kier alpha value is -2.38. The number of ether oxygens (including phenoxy) is 1. The van der Waals surface area contributed by atoms with Crippen molar-refractivity contribution in [3.8, 4) is 23.2 Å². The zero-order valence-electron chi connectivity index (χ0n) is 16.6. The Morgan fingerprint density at radius 2 is 1.68 bits per heavy atom. The van der Waals surface area contributed by atoms with Gasteiger partial charge in [-0.05, 0) is 54.8 Å². The van der Waals surface area contributed by atoms with Crippen LogP contribution in [0.1, 0.15) is 23.7 Å². The molecular weight excluding hydrogens is 439 g/mol. The summed E-state index contributed by atoms with van der Waals surface area (Å²) in [6, 6.07) is 13.7. The summed E-state index contributed by atoms with van der Waals surface area (Å²) in [6.07, 6.45) is 0.860. The molecule has 0 radical (unpaired) electrons. The summed E-state index contributed by atoms with van der Waals surface area (Å²) in [7, 11) is 0. The molecule has 8 heteroatoms. The molecule has 0 spiro atoms. The van der Waals surface area contributed by atoms with Crippen molar-refractivity contribution in [1.82, 2.24) is 9.47 Å². The molecule has 0 bridgehead atoms. The number of likely N-dealkylation sites (tertiary alicyclic amines) is 1. The molecule has 3 aromatic rings. The molecule has 2 aromatic carbocycles. The van der Waals surface area contributed by atoms with Crippen LogP contribution >= 0.6 is 23.2 Å². The minimum absolute atomic E-state index is 0.0420. The Morgan fingerprint density at radius 1 is 0.968 bits per heavy atom. The Balaban J connectivity index is 1.46. The first-order chi connectivity index (χ1) is 14.9. The van der Waals surface area contributed by atoms with E-state index in [0.29, 0.717) is 28.0 Å². The summed E-state index contributed by atoms with van der Waals surface area (Å²) >= 11 is 12.8. The van der Waals surface area contributed by atoms with E-state index in [-0.39, 0.29) is 30.0 Å². The van der Waals surface area contributed by atoms with Crippen LogP contribution < -0.4 is 4.74 Å². The third kappa shape index (κ3) is 3.74. The number of nitrogens with zero attached hydrogens (tertiary/aromatic N) is 2. The van der Waals surface area contributed by atoms with Crippen molar-refractivity contribution in [2.24, 2.45) is 0 Å². The quantitative estimate of drug-likeness (QED) is 0.540. The van der Waals surface area contributed by atoms with Crippen molar-refractivity contribution in [3.63, 3.8) is 0 Å². The highest BCUT2D eigenvalue weighted by Gasteiger charge is 2.41. The molecule has 6 nitrogen and oxygen atoms in total. The second-order valence-electron chi connectivity index (χ2n) is 8.08. The van der Waals surface area contributed by atoms with Gasteiger partial charge in [-0.2, -0.15) is 0 Å². The maximum absolute atomic E-state index is 10.0. The molecule has 1 aliphatic heterocycles. The highest BCUT2D eigenvalue weighted by atomic mass is 35.5. The normalized spacial score (nSPS) is 23.3. The minimum Gasteiger partial charge on any atom is -0.494 e. The Morgan fingerprint density at radius 3 is 2.32 bits per heavy atom. The van der Waals surface area contributed by atoms with Gasteiger partial charge in [-0.3, -0.25) is 9.47 Å². The van der Waals surface area contributed by atoms with Crippen LogP contribution in [0.4, 0.5) is 0 Å². The smallest absolute Gasteiger partial charge is 0.198 e. The number of halogens is 2. The second kappa shape index (κ2) is 7.95. The van der Waals surface area contributed by atoms with Gasteiger partial charge in [0.2, 0.25) is 0 Å². The highest BCUT2D eigenvalue weighted by molar-refractivity contribution is 6.35. The highest BCUT2D eigenvalue weighted by Crippen LogP contribution is 2.43. The molecule has 3 N–H and O–H groups in total. The van der Waals surface area contributed by atoms with E-state index < -0.39 is 0 Å². The topological polar surface area (TPSA) is 78.1 Å². The van der Waals surface area contributed by atoms with Crippen LogP contribution in [0.2, 0.25) is 10.0 Å². The van der Waals surface area contributed by atoms with Crippen molar-refractivity contribution in [2.45, 2.75) is 31.1 Å². The number of rotatable bonds is 4. The molecule has 0 unspecified atom stereocenters. The third-order valence-electron chi connectivity index (χ3n) is 6.13. The first kappa shape index (κ1) is 20.5. The number of β-amino-alcohol motifs (C(OH)–C–C–N with tert-alkyl or cyclic N) is 1. The fourth-order valence-electron chi connectivity index (χ4n) is 4.65. The van der Waals surface area contributed by atoms with E-state index in [1.807, 2.05) is 6.07 Å². The van der Waals surface area contributed by atoms with E-state index >= 15 is 0 Å². The van der Waals surface area contributed by atoms with E-state index in [0.717, 1.165) is 30.5 Å². The van der Waals surface area contributed by atoms with Crippen LogP contribution in [0.3, 0.4) is 0 Å². The van der Waals surface area contributed by atoms with Crippen LogP contribution in [0, 0.1) is 0 Å². The summed E-state index contributed by atoms with van der Waals surface area (Å²) in [6.45, 7) is 1.41. The third-order valence-corrected chi connectivity index (χ3v) is 6.68. The molecule has 0 amide bonds. The predicted molar refractivity (Wildman–Crippen MR) is 119 cm³/mol. The van der Waals surface area contributed by atoms with Gasteiger partial charge in [0.1, 0.15) is 11.9 Å². The van der Waals surface area contributed by atoms with E-state index in [9.17, 15) is 15.3 Å².